The number of amides is 1. The van der Waals surface area contributed by atoms with Gasteiger partial charge in [0.25, 0.3) is 5.91 Å². The number of nitrogens with one attached hydrogen (secondary N) is 2. The van der Waals surface area contributed by atoms with Gasteiger partial charge in [-0.2, -0.15) is 0 Å². The first-order chi connectivity index (χ1) is 9.15. The molecule has 0 bridgehead atoms. The van der Waals surface area contributed by atoms with Crippen molar-refractivity contribution in [3.8, 4) is 0 Å². The van der Waals surface area contributed by atoms with E-state index in [-0.39, 0.29) is 11.9 Å². The fraction of sp³-hybridized carbons (Fsp3) is 0.133. The first-order valence-electron chi connectivity index (χ1n) is 6.07. The fourth-order valence-corrected chi connectivity index (χ4v) is 2.91. The average Bonchev–Trinajstić information content (AvgIpc) is 2.67. The van der Waals surface area contributed by atoms with Crippen molar-refractivity contribution in [1.82, 2.24) is 0 Å². The second kappa shape index (κ2) is 4.70. The van der Waals surface area contributed by atoms with Gasteiger partial charge in [0.2, 0.25) is 0 Å². The van der Waals surface area contributed by atoms with E-state index in [1.165, 1.54) is 0 Å². The minimum Gasteiger partial charge on any atom is -0.370 e. The molecule has 1 amide bonds. The highest BCUT2D eigenvalue weighted by atomic mass is 79.9. The maximum atomic E-state index is 12.1. The number of hydrogen-bond acceptors (Lipinski definition) is 2. The molecule has 1 atom stereocenters. The summed E-state index contributed by atoms with van der Waals surface area (Å²) in [4.78, 5) is 12.1. The van der Waals surface area contributed by atoms with Crippen molar-refractivity contribution in [3.63, 3.8) is 0 Å². The molecule has 1 heterocycles. The molecular formula is C15H13BrN2O. The number of fused-ring (bicyclic) bond motifs is 1. The molecule has 0 fully saturated rings. The molecule has 0 radical (unpaired) electrons. The lowest BCUT2D eigenvalue weighted by Gasteiger charge is -2.14. The largest absolute Gasteiger partial charge is 0.370 e. The summed E-state index contributed by atoms with van der Waals surface area (Å²) in [5, 5.41) is 6.18. The van der Waals surface area contributed by atoms with Crippen LogP contribution in [0.5, 0.6) is 0 Å². The lowest BCUT2D eigenvalue weighted by Crippen LogP contribution is -2.19. The fourth-order valence-electron chi connectivity index (χ4n) is 2.31. The highest BCUT2D eigenvalue weighted by Crippen LogP contribution is 2.38. The third-order valence-corrected chi connectivity index (χ3v) is 3.88. The first-order valence-corrected chi connectivity index (χ1v) is 6.87. The smallest absolute Gasteiger partial charge is 0.251 e. The summed E-state index contributed by atoms with van der Waals surface area (Å²) in [6.07, 6.45) is 0. The normalized spacial score (nSPS) is 16.9. The van der Waals surface area contributed by atoms with Crippen LogP contribution in [-0.4, -0.2) is 5.91 Å². The Hall–Kier alpha value is -1.81. The third kappa shape index (κ3) is 2.24. The van der Waals surface area contributed by atoms with E-state index in [0.29, 0.717) is 0 Å². The average molecular weight is 317 g/mol. The molecule has 0 aromatic heterocycles. The highest BCUT2D eigenvalue weighted by molar-refractivity contribution is 9.10. The van der Waals surface area contributed by atoms with Crippen LogP contribution in [0.4, 0.5) is 11.4 Å². The molecule has 0 saturated heterocycles. The van der Waals surface area contributed by atoms with Crippen LogP contribution in [0.15, 0.2) is 46.9 Å². The van der Waals surface area contributed by atoms with Crippen molar-refractivity contribution >= 4 is 33.2 Å². The summed E-state index contributed by atoms with van der Waals surface area (Å²) < 4.78 is 0.938. The van der Waals surface area contributed by atoms with E-state index in [4.69, 9.17) is 0 Å². The maximum absolute atomic E-state index is 12.1. The summed E-state index contributed by atoms with van der Waals surface area (Å²) in [5.74, 6) is -0.0246. The van der Waals surface area contributed by atoms with Crippen molar-refractivity contribution in [3.05, 3.63) is 58.1 Å². The summed E-state index contributed by atoms with van der Waals surface area (Å²) in [6, 6.07) is 13.4. The van der Waals surface area contributed by atoms with Crippen molar-refractivity contribution in [1.29, 1.82) is 0 Å². The van der Waals surface area contributed by atoms with Gasteiger partial charge in [-0.15, -0.1) is 0 Å². The Labute approximate surface area is 120 Å². The molecule has 19 heavy (non-hydrogen) atoms. The van der Waals surface area contributed by atoms with E-state index in [9.17, 15) is 4.79 Å². The zero-order chi connectivity index (χ0) is 13.4. The number of aryl methyl sites for hydroxylation is 1. The van der Waals surface area contributed by atoms with Gasteiger partial charge in [-0.3, -0.25) is 4.79 Å². The molecule has 0 aliphatic carbocycles. The van der Waals surface area contributed by atoms with Gasteiger partial charge in [-0.05, 0) is 36.8 Å². The molecule has 1 aliphatic heterocycles. The Bertz CT molecular complexity index is 654. The van der Waals surface area contributed by atoms with Gasteiger partial charge in [-0.1, -0.05) is 34.1 Å². The van der Waals surface area contributed by atoms with Gasteiger partial charge < -0.3 is 10.6 Å². The molecule has 2 N–H and O–H groups in total. The highest BCUT2D eigenvalue weighted by Gasteiger charge is 2.32. The Kier molecular flexibility index (Phi) is 3.03. The summed E-state index contributed by atoms with van der Waals surface area (Å²) in [7, 11) is 0. The second-order valence-electron chi connectivity index (χ2n) is 4.64. The Morgan fingerprint density at radius 1 is 1.21 bits per heavy atom. The molecule has 2 aromatic carbocycles. The summed E-state index contributed by atoms with van der Waals surface area (Å²) in [6.45, 7) is 2.03. The van der Waals surface area contributed by atoms with Gasteiger partial charge in [0.1, 0.15) is 6.04 Å². The van der Waals surface area contributed by atoms with E-state index in [0.717, 1.165) is 27.0 Å². The zero-order valence-electron chi connectivity index (χ0n) is 10.4. The van der Waals surface area contributed by atoms with Crippen LogP contribution < -0.4 is 10.6 Å². The van der Waals surface area contributed by atoms with Crippen LogP contribution in [-0.2, 0) is 4.79 Å². The molecule has 2 aromatic rings. The lowest BCUT2D eigenvalue weighted by molar-refractivity contribution is -0.116. The zero-order valence-corrected chi connectivity index (χ0v) is 12.0. The number of carbonyl (C=O) groups is 1. The second-order valence-corrected chi connectivity index (χ2v) is 5.49. The van der Waals surface area contributed by atoms with E-state index in [1.54, 1.807) is 0 Å². The van der Waals surface area contributed by atoms with E-state index < -0.39 is 0 Å². The monoisotopic (exact) mass is 316 g/mol. The Balaban J connectivity index is 1.97. The van der Waals surface area contributed by atoms with Gasteiger partial charge in [0.15, 0.2) is 0 Å². The van der Waals surface area contributed by atoms with Crippen LogP contribution >= 0.6 is 15.9 Å². The maximum Gasteiger partial charge on any atom is 0.251 e. The minimum atomic E-state index is -0.354. The third-order valence-electron chi connectivity index (χ3n) is 3.19. The number of rotatable bonds is 2. The predicted octanol–water partition coefficient (Wildman–Crippen LogP) is 3.86. The van der Waals surface area contributed by atoms with E-state index in [2.05, 4.69) is 26.6 Å². The molecule has 3 rings (SSSR count). The van der Waals surface area contributed by atoms with Crippen LogP contribution in [0.3, 0.4) is 0 Å². The molecular weight excluding hydrogens is 304 g/mol. The van der Waals surface area contributed by atoms with E-state index >= 15 is 0 Å². The van der Waals surface area contributed by atoms with Gasteiger partial charge in [-0.25, -0.2) is 0 Å². The quantitative estimate of drug-likeness (QED) is 0.883. The van der Waals surface area contributed by atoms with Gasteiger partial charge in [0.05, 0.1) is 0 Å². The van der Waals surface area contributed by atoms with Crippen molar-refractivity contribution in [2.45, 2.75) is 13.0 Å². The Morgan fingerprint density at radius 2 is 2.00 bits per heavy atom. The number of halogens is 1. The van der Waals surface area contributed by atoms with Crippen molar-refractivity contribution in [2.75, 3.05) is 10.6 Å². The molecule has 0 saturated carbocycles. The van der Waals surface area contributed by atoms with Crippen molar-refractivity contribution < 1.29 is 4.79 Å². The molecule has 0 spiro atoms. The summed E-state index contributed by atoms with van der Waals surface area (Å²) >= 11 is 3.51. The summed E-state index contributed by atoms with van der Waals surface area (Å²) in [5.41, 5.74) is 3.94. The molecule has 1 aliphatic rings. The van der Waals surface area contributed by atoms with Gasteiger partial charge >= 0.3 is 0 Å². The standard InChI is InChI=1S/C15H13BrN2O/c1-9-4-2-5-10(8-9)17-14-13-11(16)6-3-7-12(13)18-15(14)19/h2-8,14,17H,1H3,(H,18,19). The topological polar surface area (TPSA) is 41.1 Å². The molecule has 96 valence electrons. The molecule has 3 nitrogen and oxygen atoms in total. The Morgan fingerprint density at radius 3 is 2.79 bits per heavy atom. The van der Waals surface area contributed by atoms with Crippen molar-refractivity contribution in [2.24, 2.45) is 0 Å². The first kappa shape index (κ1) is 12.2. The predicted molar refractivity (Wildman–Crippen MR) is 80.3 cm³/mol. The van der Waals surface area contributed by atoms with Crippen LogP contribution in [0.2, 0.25) is 0 Å². The molecule has 4 heteroatoms. The minimum absolute atomic E-state index is 0.0246. The lowest BCUT2D eigenvalue weighted by atomic mass is 10.1. The SMILES string of the molecule is Cc1cccc(NC2C(=O)Nc3cccc(Br)c32)c1. The van der Waals surface area contributed by atoms with Crippen LogP contribution in [0, 0.1) is 6.92 Å². The number of hydrogen-bond donors (Lipinski definition) is 2. The van der Waals surface area contributed by atoms with Gasteiger partial charge in [0, 0.05) is 21.4 Å². The van der Waals surface area contributed by atoms with Crippen LogP contribution in [0.25, 0.3) is 0 Å². The number of carbonyl (C=O) groups excluding carboxylic acids is 1. The molecule has 1 unspecified atom stereocenters. The van der Waals surface area contributed by atoms with Crippen LogP contribution in [0.1, 0.15) is 17.2 Å². The number of anilines is 2. The number of benzene rings is 2. The van der Waals surface area contributed by atoms with E-state index in [1.807, 2.05) is 49.4 Å².